The fourth-order valence-corrected chi connectivity index (χ4v) is 2.08. The molecule has 2 aliphatic carbocycles. The number of ketones is 1. The van der Waals surface area contributed by atoms with E-state index in [1.165, 1.54) is 0 Å². The van der Waals surface area contributed by atoms with Crippen molar-refractivity contribution in [1.82, 2.24) is 0 Å². The fraction of sp³-hybridized carbons (Fsp3) is 0.857. The lowest BCUT2D eigenvalue weighted by Crippen LogP contribution is -2.29. The van der Waals surface area contributed by atoms with Gasteiger partial charge in [-0.05, 0) is 18.8 Å². The second-order valence-corrected chi connectivity index (χ2v) is 3.26. The monoisotopic (exact) mass is 125 g/mol. The fourth-order valence-electron chi connectivity index (χ4n) is 2.08. The number of carbonyl (C=O) groups excluding carboxylic acids is 1. The average Bonchev–Trinajstić information content (AvgIpc) is 2.24. The Labute approximate surface area is 54.4 Å². The van der Waals surface area contributed by atoms with Crippen molar-refractivity contribution in [1.29, 1.82) is 0 Å². The van der Waals surface area contributed by atoms with Crippen molar-refractivity contribution in [3.8, 4) is 0 Å². The molecule has 2 bridgehead atoms. The summed E-state index contributed by atoms with van der Waals surface area (Å²) >= 11 is 0. The first-order chi connectivity index (χ1) is 4.27. The zero-order valence-corrected chi connectivity index (χ0v) is 5.34. The van der Waals surface area contributed by atoms with Gasteiger partial charge in [-0.3, -0.25) is 4.79 Å². The maximum Gasteiger partial charge on any atom is 0.136 e. The molecule has 0 radical (unpaired) electrons. The van der Waals surface area contributed by atoms with Gasteiger partial charge in [-0.1, -0.05) is 0 Å². The highest BCUT2D eigenvalue weighted by Crippen LogP contribution is 2.40. The van der Waals surface area contributed by atoms with E-state index in [0.717, 1.165) is 19.3 Å². The third kappa shape index (κ3) is 0.628. The van der Waals surface area contributed by atoms with Gasteiger partial charge < -0.3 is 5.73 Å². The van der Waals surface area contributed by atoms with Crippen molar-refractivity contribution in [3.05, 3.63) is 0 Å². The van der Waals surface area contributed by atoms with E-state index < -0.39 is 0 Å². The van der Waals surface area contributed by atoms with E-state index in [1.54, 1.807) is 0 Å². The zero-order valence-electron chi connectivity index (χ0n) is 5.34. The molecule has 0 amide bonds. The highest BCUT2D eigenvalue weighted by Gasteiger charge is 2.43. The molecule has 0 aromatic heterocycles. The van der Waals surface area contributed by atoms with E-state index in [4.69, 9.17) is 5.73 Å². The van der Waals surface area contributed by atoms with Crippen LogP contribution in [0.5, 0.6) is 0 Å². The molecule has 0 aromatic rings. The maximum atomic E-state index is 10.9. The molecular weight excluding hydrogens is 114 g/mol. The van der Waals surface area contributed by atoms with Crippen molar-refractivity contribution in [2.24, 2.45) is 17.6 Å². The van der Waals surface area contributed by atoms with Crippen LogP contribution in [0.4, 0.5) is 0 Å². The lowest BCUT2D eigenvalue weighted by atomic mass is 9.95. The lowest BCUT2D eigenvalue weighted by molar-refractivity contribution is -0.121. The van der Waals surface area contributed by atoms with Gasteiger partial charge >= 0.3 is 0 Å². The topological polar surface area (TPSA) is 43.1 Å². The number of hydrogen-bond donors (Lipinski definition) is 1. The number of nitrogens with two attached hydrogens (primary N) is 1. The van der Waals surface area contributed by atoms with Crippen LogP contribution < -0.4 is 5.73 Å². The molecule has 0 aliphatic heterocycles. The maximum absolute atomic E-state index is 10.9. The second kappa shape index (κ2) is 1.57. The lowest BCUT2D eigenvalue weighted by Gasteiger charge is -2.14. The number of carbonyl (C=O) groups is 1. The van der Waals surface area contributed by atoms with E-state index >= 15 is 0 Å². The summed E-state index contributed by atoms with van der Waals surface area (Å²) in [6.07, 6.45) is 2.81. The predicted molar refractivity (Wildman–Crippen MR) is 33.8 cm³/mol. The summed E-state index contributed by atoms with van der Waals surface area (Å²) in [6.45, 7) is 0. The summed E-state index contributed by atoms with van der Waals surface area (Å²) in [7, 11) is 0. The summed E-state index contributed by atoms with van der Waals surface area (Å²) in [5, 5.41) is 0. The SMILES string of the molecule is NC1CC2CC1CC2=O. The van der Waals surface area contributed by atoms with Crippen LogP contribution in [0.2, 0.25) is 0 Å². The first-order valence-corrected chi connectivity index (χ1v) is 3.55. The Morgan fingerprint density at radius 1 is 1.44 bits per heavy atom. The molecule has 0 aromatic carbocycles. The van der Waals surface area contributed by atoms with E-state index in [1.807, 2.05) is 0 Å². The van der Waals surface area contributed by atoms with Gasteiger partial charge in [0.2, 0.25) is 0 Å². The Balaban J connectivity index is 2.19. The molecule has 2 N–H and O–H groups in total. The van der Waals surface area contributed by atoms with Gasteiger partial charge in [0.05, 0.1) is 0 Å². The van der Waals surface area contributed by atoms with Gasteiger partial charge in [0, 0.05) is 18.4 Å². The van der Waals surface area contributed by atoms with Gasteiger partial charge in [-0.25, -0.2) is 0 Å². The Kier molecular flexibility index (Phi) is 0.943. The van der Waals surface area contributed by atoms with Crippen LogP contribution in [-0.4, -0.2) is 11.8 Å². The highest BCUT2D eigenvalue weighted by atomic mass is 16.1. The van der Waals surface area contributed by atoms with Gasteiger partial charge in [0.15, 0.2) is 0 Å². The quantitative estimate of drug-likeness (QED) is 0.506. The molecule has 0 saturated heterocycles. The number of hydrogen-bond acceptors (Lipinski definition) is 2. The summed E-state index contributed by atoms with van der Waals surface area (Å²) in [6, 6.07) is 0.340. The van der Waals surface area contributed by atoms with Gasteiger partial charge in [0.25, 0.3) is 0 Å². The Bertz CT molecular complexity index is 153. The van der Waals surface area contributed by atoms with Crippen molar-refractivity contribution < 1.29 is 4.79 Å². The highest BCUT2D eigenvalue weighted by molar-refractivity contribution is 5.84. The van der Waals surface area contributed by atoms with E-state index in [0.29, 0.717) is 23.7 Å². The molecule has 2 fully saturated rings. The summed E-state index contributed by atoms with van der Waals surface area (Å²) in [5.74, 6) is 1.36. The standard InChI is InChI=1S/C7H11NO/c8-6-2-5-1-4(6)3-7(5)9/h4-6H,1-3,8H2. The number of Topliss-reactive ketones (excluding diaryl/α,β-unsaturated/α-hetero) is 1. The van der Waals surface area contributed by atoms with Crippen LogP contribution in [0.15, 0.2) is 0 Å². The van der Waals surface area contributed by atoms with Crippen LogP contribution in [-0.2, 0) is 4.79 Å². The van der Waals surface area contributed by atoms with Crippen molar-refractivity contribution in [2.75, 3.05) is 0 Å². The molecule has 9 heavy (non-hydrogen) atoms. The van der Waals surface area contributed by atoms with Crippen LogP contribution in [0.3, 0.4) is 0 Å². The molecule has 2 nitrogen and oxygen atoms in total. The summed E-state index contributed by atoms with van der Waals surface area (Å²) < 4.78 is 0. The van der Waals surface area contributed by atoms with Crippen LogP contribution in [0, 0.1) is 11.8 Å². The second-order valence-electron chi connectivity index (χ2n) is 3.26. The summed E-state index contributed by atoms with van der Waals surface area (Å²) in [5.41, 5.74) is 5.73. The molecule has 0 heterocycles. The first kappa shape index (κ1) is 5.42. The molecule has 2 rings (SSSR count). The minimum atomic E-state index is 0.340. The van der Waals surface area contributed by atoms with Crippen LogP contribution >= 0.6 is 0 Å². The molecule has 2 saturated carbocycles. The average molecular weight is 125 g/mol. The van der Waals surface area contributed by atoms with Crippen molar-refractivity contribution in [3.63, 3.8) is 0 Å². The molecule has 2 heteroatoms. The van der Waals surface area contributed by atoms with Crippen LogP contribution in [0.25, 0.3) is 0 Å². The Morgan fingerprint density at radius 2 is 2.22 bits per heavy atom. The largest absolute Gasteiger partial charge is 0.327 e. The minimum Gasteiger partial charge on any atom is -0.327 e. The number of rotatable bonds is 0. The van der Waals surface area contributed by atoms with Gasteiger partial charge in [-0.2, -0.15) is 0 Å². The van der Waals surface area contributed by atoms with E-state index in [2.05, 4.69) is 0 Å². The molecule has 3 unspecified atom stereocenters. The van der Waals surface area contributed by atoms with E-state index in [-0.39, 0.29) is 0 Å². The molecule has 50 valence electrons. The van der Waals surface area contributed by atoms with E-state index in [9.17, 15) is 4.79 Å². The smallest absolute Gasteiger partial charge is 0.136 e. The minimum absolute atomic E-state index is 0.340. The predicted octanol–water partition coefficient (Wildman–Crippen LogP) is 0.313. The number of fused-ring (bicyclic) bond motifs is 2. The summed E-state index contributed by atoms with van der Waals surface area (Å²) in [4.78, 5) is 10.9. The van der Waals surface area contributed by atoms with Crippen molar-refractivity contribution in [2.45, 2.75) is 25.3 Å². The molecular formula is C7H11NO. The third-order valence-electron chi connectivity index (χ3n) is 2.67. The Morgan fingerprint density at radius 3 is 2.56 bits per heavy atom. The van der Waals surface area contributed by atoms with Gasteiger partial charge in [0.1, 0.15) is 5.78 Å². The normalized spacial score (nSPS) is 48.6. The van der Waals surface area contributed by atoms with Crippen molar-refractivity contribution >= 4 is 5.78 Å². The molecule has 3 atom stereocenters. The molecule has 2 aliphatic rings. The molecule has 0 spiro atoms. The van der Waals surface area contributed by atoms with Gasteiger partial charge in [-0.15, -0.1) is 0 Å². The zero-order chi connectivity index (χ0) is 6.43. The first-order valence-electron chi connectivity index (χ1n) is 3.55. The Hall–Kier alpha value is -0.370. The van der Waals surface area contributed by atoms with Crippen LogP contribution in [0.1, 0.15) is 19.3 Å². The third-order valence-corrected chi connectivity index (χ3v) is 2.67.